The SMILES string of the molecule is CN(C)c1ccc2c(CC(=O)NCC(=O)Oc3ccccc3C(=O)c3[nH]c(Cl)c(Cl)c3-n3c(C(=O)c4ccccc4OC(=O)CNC(=O)Cc4cc(=O)oc5cc(N(C)C)ccc45)cc(Cl)c3Cl)cc(=O)oc2c1. The minimum Gasteiger partial charge on any atom is -0.424 e. The molecule has 4 aromatic carbocycles. The Kier molecular flexibility index (Phi) is 15.4. The maximum Gasteiger partial charge on any atom is 0.336 e. The Balaban J connectivity index is 0.973. The number of carbonyl (C=O) groups is 6. The number of H-pyrrole nitrogens is 1. The van der Waals surface area contributed by atoms with Crippen LogP contribution in [0.5, 0.6) is 11.5 Å². The summed E-state index contributed by atoms with van der Waals surface area (Å²) in [6, 6.07) is 25.3. The molecule has 0 aliphatic rings. The van der Waals surface area contributed by atoms with E-state index in [4.69, 9.17) is 64.7 Å². The molecule has 3 N–H and O–H groups in total. The molecule has 22 heteroatoms. The molecule has 4 heterocycles. The number of fused-ring (bicyclic) bond motifs is 2. The van der Waals surface area contributed by atoms with Gasteiger partial charge in [-0.25, -0.2) is 19.2 Å². The Labute approximate surface area is 439 Å². The summed E-state index contributed by atoms with van der Waals surface area (Å²) >= 11 is 26.5. The standard InChI is InChI=1S/C52H40Cl4N6O12/c1-60(2)28-13-15-30-26(19-42(65)73-38(30)21-28)17-40(63)57-24-44(67)71-36-11-7-5-9-32(36)49(69)35-23-34(53)52(56)62(35)48-46(54)51(55)59-47(48)50(70)33-10-6-8-12-37(33)72-45(68)25-58-41(64)18-27-20-43(66)74-39-22-29(61(3)4)14-16-31(27)39/h5-16,19-23,59H,17-18,24-25H2,1-4H3,(H,57,63)(H,58,64). The van der Waals surface area contributed by atoms with Crippen molar-refractivity contribution < 1.29 is 47.1 Å². The predicted octanol–water partition coefficient (Wildman–Crippen LogP) is 7.75. The second-order valence-electron chi connectivity index (χ2n) is 16.8. The molecule has 0 atom stereocenters. The van der Waals surface area contributed by atoms with Crippen LogP contribution in [0.15, 0.2) is 122 Å². The lowest BCUT2D eigenvalue weighted by atomic mass is 10.1. The van der Waals surface area contributed by atoms with Gasteiger partial charge in [-0.15, -0.1) is 0 Å². The first-order chi connectivity index (χ1) is 35.3. The monoisotopic (exact) mass is 1080 g/mol. The fourth-order valence-electron chi connectivity index (χ4n) is 7.83. The Morgan fingerprint density at radius 1 is 0.608 bits per heavy atom. The van der Waals surface area contributed by atoms with E-state index in [9.17, 15) is 38.4 Å². The van der Waals surface area contributed by atoms with Gasteiger partial charge in [0.05, 0.1) is 40.4 Å². The lowest BCUT2D eigenvalue weighted by Crippen LogP contribution is -2.33. The molecule has 18 nitrogen and oxygen atoms in total. The largest absolute Gasteiger partial charge is 0.424 e. The van der Waals surface area contributed by atoms with Gasteiger partial charge < -0.3 is 43.7 Å². The lowest BCUT2D eigenvalue weighted by Gasteiger charge is -2.15. The molecule has 378 valence electrons. The lowest BCUT2D eigenvalue weighted by molar-refractivity contribution is -0.135. The minimum absolute atomic E-state index is 0.153. The molecule has 0 unspecified atom stereocenters. The van der Waals surface area contributed by atoms with E-state index in [0.29, 0.717) is 21.9 Å². The summed E-state index contributed by atoms with van der Waals surface area (Å²) in [4.78, 5) is 113. The summed E-state index contributed by atoms with van der Waals surface area (Å²) in [5.41, 5.74) is 0.361. The third kappa shape index (κ3) is 11.2. The number of hydrogen-bond acceptors (Lipinski definition) is 14. The highest BCUT2D eigenvalue weighted by molar-refractivity contribution is 6.45. The Morgan fingerprint density at radius 2 is 1.07 bits per heavy atom. The molecule has 0 saturated heterocycles. The van der Waals surface area contributed by atoms with E-state index in [0.717, 1.165) is 15.9 Å². The molecule has 0 radical (unpaired) electrons. The van der Waals surface area contributed by atoms with Crippen LogP contribution in [0.25, 0.3) is 27.6 Å². The van der Waals surface area contributed by atoms with Crippen LogP contribution >= 0.6 is 46.4 Å². The van der Waals surface area contributed by atoms with Gasteiger partial charge in [0.25, 0.3) is 0 Å². The number of halogens is 4. The number of esters is 2. The topological polar surface area (TPSA) is 233 Å². The predicted molar refractivity (Wildman–Crippen MR) is 278 cm³/mol. The highest BCUT2D eigenvalue weighted by atomic mass is 35.5. The number of ether oxygens (including phenoxy) is 2. The quantitative estimate of drug-likeness (QED) is 0.0343. The number of nitrogens with zero attached hydrogens (tertiary/aromatic N) is 3. The summed E-state index contributed by atoms with van der Waals surface area (Å²) in [5, 5.41) is 5.05. The van der Waals surface area contributed by atoms with Crippen LogP contribution in [0.1, 0.15) is 43.2 Å². The summed E-state index contributed by atoms with van der Waals surface area (Å²) in [6.45, 7) is -1.25. The molecular weight excluding hydrogens is 1040 g/mol. The van der Waals surface area contributed by atoms with E-state index in [2.05, 4.69) is 15.6 Å². The smallest absolute Gasteiger partial charge is 0.336 e. The number of anilines is 2. The van der Waals surface area contributed by atoms with Crippen LogP contribution in [0.4, 0.5) is 11.4 Å². The van der Waals surface area contributed by atoms with E-state index in [1.54, 1.807) is 36.4 Å². The van der Waals surface area contributed by atoms with Gasteiger partial charge in [-0.05, 0) is 65.7 Å². The fourth-order valence-corrected chi connectivity index (χ4v) is 8.66. The fraction of sp³-hybridized carbons (Fsp3) is 0.154. The third-order valence-corrected chi connectivity index (χ3v) is 12.9. The van der Waals surface area contributed by atoms with Crippen molar-refractivity contribution in [2.75, 3.05) is 51.1 Å². The molecule has 8 aromatic rings. The number of ketones is 2. The van der Waals surface area contributed by atoms with E-state index in [1.807, 2.05) is 38.0 Å². The van der Waals surface area contributed by atoms with E-state index < -0.39 is 59.7 Å². The first-order valence-corrected chi connectivity index (χ1v) is 23.6. The average Bonchev–Trinajstić information content (AvgIpc) is 3.82. The molecule has 0 saturated carbocycles. The maximum absolute atomic E-state index is 14.5. The zero-order valence-corrected chi connectivity index (χ0v) is 42.4. The van der Waals surface area contributed by atoms with Crippen molar-refractivity contribution in [3.05, 3.63) is 178 Å². The van der Waals surface area contributed by atoms with E-state index in [1.165, 1.54) is 66.7 Å². The van der Waals surface area contributed by atoms with Crippen LogP contribution < -0.4 is 41.2 Å². The van der Waals surface area contributed by atoms with Crippen LogP contribution in [0.3, 0.4) is 0 Å². The Hall–Kier alpha value is -8.16. The number of aromatic amines is 1. The second kappa shape index (κ2) is 21.9. The second-order valence-corrected chi connectivity index (χ2v) is 18.3. The summed E-state index contributed by atoms with van der Waals surface area (Å²) in [7, 11) is 7.30. The number of benzene rings is 4. The number of hydrogen-bond donors (Lipinski definition) is 3. The van der Waals surface area contributed by atoms with Gasteiger partial charge in [0.2, 0.25) is 23.4 Å². The first kappa shape index (κ1) is 52.2. The molecule has 8 rings (SSSR count). The zero-order valence-electron chi connectivity index (χ0n) is 39.4. The van der Waals surface area contributed by atoms with Crippen molar-refractivity contribution in [3.8, 4) is 17.2 Å². The molecule has 0 spiro atoms. The minimum atomic E-state index is -0.959. The van der Waals surface area contributed by atoms with Crippen LogP contribution in [-0.2, 0) is 32.0 Å². The highest BCUT2D eigenvalue weighted by Crippen LogP contribution is 2.41. The van der Waals surface area contributed by atoms with Crippen molar-refractivity contribution in [2.45, 2.75) is 12.8 Å². The van der Waals surface area contributed by atoms with Crippen molar-refractivity contribution in [3.63, 3.8) is 0 Å². The van der Waals surface area contributed by atoms with Crippen LogP contribution in [0.2, 0.25) is 20.4 Å². The number of para-hydroxylation sites is 2. The van der Waals surface area contributed by atoms with Crippen molar-refractivity contribution in [1.29, 1.82) is 0 Å². The van der Waals surface area contributed by atoms with Crippen LogP contribution in [0, 0.1) is 0 Å². The Morgan fingerprint density at radius 3 is 1.54 bits per heavy atom. The summed E-state index contributed by atoms with van der Waals surface area (Å²) in [6.07, 6.45) is -0.542. The van der Waals surface area contributed by atoms with Gasteiger partial charge >= 0.3 is 23.2 Å². The normalized spacial score (nSPS) is 11.1. The number of aromatic nitrogens is 2. The maximum atomic E-state index is 14.5. The zero-order chi connectivity index (χ0) is 53.1. The van der Waals surface area contributed by atoms with Crippen molar-refractivity contribution in [1.82, 2.24) is 20.2 Å². The molecule has 4 aromatic heterocycles. The molecule has 0 aliphatic carbocycles. The molecule has 0 aliphatic heterocycles. The Bertz CT molecular complexity index is 3490. The molecule has 2 amide bonds. The van der Waals surface area contributed by atoms with Crippen molar-refractivity contribution in [2.24, 2.45) is 0 Å². The van der Waals surface area contributed by atoms with E-state index in [-0.39, 0.29) is 84.1 Å². The first-order valence-electron chi connectivity index (χ1n) is 22.1. The number of rotatable bonds is 17. The van der Waals surface area contributed by atoms with Crippen molar-refractivity contribution >= 4 is 115 Å². The molecule has 0 fully saturated rings. The van der Waals surface area contributed by atoms with Gasteiger partial charge in [0.1, 0.15) is 56.8 Å². The average molecular weight is 1080 g/mol. The van der Waals surface area contributed by atoms with Crippen LogP contribution in [-0.4, -0.2) is 86.2 Å². The molecule has 0 bridgehead atoms. The highest BCUT2D eigenvalue weighted by Gasteiger charge is 2.32. The number of carbonyl (C=O) groups excluding carboxylic acids is 6. The molecular formula is C52H40Cl4N6O12. The van der Waals surface area contributed by atoms with Gasteiger partial charge in [0.15, 0.2) is 0 Å². The summed E-state index contributed by atoms with van der Waals surface area (Å²) in [5.74, 6) is -5.24. The third-order valence-electron chi connectivity index (χ3n) is 11.4. The summed E-state index contributed by atoms with van der Waals surface area (Å²) < 4.78 is 22.9. The van der Waals surface area contributed by atoms with Gasteiger partial charge in [-0.3, -0.25) is 23.7 Å². The number of amides is 2. The van der Waals surface area contributed by atoms with Gasteiger partial charge in [-0.1, -0.05) is 70.7 Å². The number of nitrogens with one attached hydrogen (secondary N) is 3. The van der Waals surface area contributed by atoms with E-state index >= 15 is 0 Å². The van der Waals surface area contributed by atoms with Gasteiger partial charge in [0, 0.05) is 74.6 Å². The molecule has 74 heavy (non-hydrogen) atoms. The van der Waals surface area contributed by atoms with Gasteiger partial charge in [-0.2, -0.15) is 0 Å².